The van der Waals surface area contributed by atoms with Crippen LogP contribution in [0.2, 0.25) is 0 Å². The van der Waals surface area contributed by atoms with Crippen LogP contribution in [-0.2, 0) is 13.5 Å². The molecule has 2 aliphatic rings. The van der Waals surface area contributed by atoms with Crippen LogP contribution in [0.15, 0.2) is 17.1 Å². The summed E-state index contributed by atoms with van der Waals surface area (Å²) in [6.07, 6.45) is 8.11. The predicted octanol–water partition coefficient (Wildman–Crippen LogP) is 1.20. The van der Waals surface area contributed by atoms with Crippen LogP contribution in [0.25, 0.3) is 6.08 Å². The van der Waals surface area contributed by atoms with Gasteiger partial charge in [-0.25, -0.2) is 0 Å². The summed E-state index contributed by atoms with van der Waals surface area (Å²) < 4.78 is 1.52. The van der Waals surface area contributed by atoms with Gasteiger partial charge in [-0.15, -0.1) is 12.4 Å². The number of aromatic nitrogens is 1. The summed E-state index contributed by atoms with van der Waals surface area (Å²) in [5.41, 5.74) is 2.18. The Bertz CT molecular complexity index is 660. The molecule has 0 radical (unpaired) electrons. The van der Waals surface area contributed by atoms with Gasteiger partial charge in [-0.3, -0.25) is 9.59 Å². The largest absolute Gasteiger partial charge is 0.339 e. The zero-order chi connectivity index (χ0) is 15.0. The highest BCUT2D eigenvalue weighted by atomic mass is 35.5. The van der Waals surface area contributed by atoms with Crippen LogP contribution in [-0.4, -0.2) is 41.6 Å². The second-order valence-corrected chi connectivity index (χ2v) is 5.85. The molecule has 0 atom stereocenters. The Kier molecular flexibility index (Phi) is 5.08. The average molecular weight is 324 g/mol. The maximum Gasteiger partial charge on any atom is 0.255 e. The molecule has 0 saturated carbocycles. The molecule has 1 aliphatic heterocycles. The first kappa shape index (κ1) is 16.8. The third kappa shape index (κ3) is 2.83. The molecule has 1 fully saturated rings. The molecule has 0 bridgehead atoms. The molecule has 5 nitrogen and oxygen atoms in total. The van der Waals surface area contributed by atoms with Crippen LogP contribution >= 0.6 is 12.4 Å². The Hall–Kier alpha value is -1.59. The summed E-state index contributed by atoms with van der Waals surface area (Å²) in [6.45, 7) is 1.90. The van der Waals surface area contributed by atoms with Crippen LogP contribution in [0.5, 0.6) is 0 Å². The lowest BCUT2D eigenvalue weighted by Gasteiger charge is -2.32. The summed E-state index contributed by atoms with van der Waals surface area (Å²) in [5, 5.41) is 3.31. The maximum absolute atomic E-state index is 12.8. The van der Waals surface area contributed by atoms with Gasteiger partial charge in [0.15, 0.2) is 0 Å². The van der Waals surface area contributed by atoms with E-state index in [2.05, 4.69) is 5.32 Å². The van der Waals surface area contributed by atoms with Gasteiger partial charge >= 0.3 is 0 Å². The number of aryl methyl sites for hydroxylation is 1. The van der Waals surface area contributed by atoms with Gasteiger partial charge in [0, 0.05) is 31.9 Å². The summed E-state index contributed by atoms with van der Waals surface area (Å²) in [4.78, 5) is 26.8. The van der Waals surface area contributed by atoms with Gasteiger partial charge in [-0.05, 0) is 37.9 Å². The summed E-state index contributed by atoms with van der Waals surface area (Å²) >= 11 is 0. The molecule has 0 unspecified atom stereocenters. The molecule has 6 heteroatoms. The predicted molar refractivity (Wildman–Crippen MR) is 89.7 cm³/mol. The Morgan fingerprint density at radius 2 is 2.05 bits per heavy atom. The summed E-state index contributed by atoms with van der Waals surface area (Å²) in [5.74, 6) is 0.0142. The van der Waals surface area contributed by atoms with Crippen molar-refractivity contribution >= 4 is 24.4 Å². The van der Waals surface area contributed by atoms with E-state index in [1.54, 1.807) is 13.2 Å². The van der Waals surface area contributed by atoms with E-state index in [-0.39, 0.29) is 29.9 Å². The van der Waals surface area contributed by atoms with Crippen molar-refractivity contribution in [3.8, 4) is 0 Å². The third-order valence-corrected chi connectivity index (χ3v) is 4.53. The van der Waals surface area contributed by atoms with Crippen LogP contribution in [0, 0.1) is 0 Å². The second kappa shape index (κ2) is 6.67. The first-order valence-corrected chi connectivity index (χ1v) is 7.46. The smallest absolute Gasteiger partial charge is 0.255 e. The minimum absolute atomic E-state index is 0. The minimum atomic E-state index is -0.00364. The van der Waals surface area contributed by atoms with Crippen molar-refractivity contribution < 1.29 is 4.79 Å². The number of piperidine rings is 1. The van der Waals surface area contributed by atoms with Crippen LogP contribution in [0.4, 0.5) is 0 Å². The number of rotatable bonds is 2. The molecule has 1 saturated heterocycles. The number of pyridine rings is 1. The van der Waals surface area contributed by atoms with Crippen molar-refractivity contribution in [2.75, 3.05) is 20.1 Å². The highest BCUT2D eigenvalue weighted by Gasteiger charge is 2.26. The van der Waals surface area contributed by atoms with Crippen molar-refractivity contribution in [1.29, 1.82) is 0 Å². The zero-order valence-electron chi connectivity index (χ0n) is 13.0. The molecule has 1 amide bonds. The maximum atomic E-state index is 12.8. The lowest BCUT2D eigenvalue weighted by Crippen LogP contribution is -2.44. The van der Waals surface area contributed by atoms with Crippen molar-refractivity contribution in [3.05, 3.63) is 39.3 Å². The lowest BCUT2D eigenvalue weighted by molar-refractivity contribution is 0.0702. The normalized spacial score (nSPS) is 17.0. The van der Waals surface area contributed by atoms with E-state index in [9.17, 15) is 9.59 Å². The van der Waals surface area contributed by atoms with E-state index >= 15 is 0 Å². The highest BCUT2D eigenvalue weighted by molar-refractivity contribution is 5.98. The number of carbonyl (C=O) groups is 1. The van der Waals surface area contributed by atoms with Gasteiger partial charge in [0.05, 0.1) is 5.56 Å². The molecule has 0 aromatic carbocycles. The van der Waals surface area contributed by atoms with Crippen molar-refractivity contribution in [2.45, 2.75) is 25.3 Å². The molecule has 1 aromatic heterocycles. The quantitative estimate of drug-likeness (QED) is 0.890. The molecular formula is C16H22ClN3O2. The number of nitrogens with zero attached hydrogens (tertiary/aromatic N) is 2. The number of fused-ring (bicyclic) bond motifs is 1. The number of halogens is 1. The van der Waals surface area contributed by atoms with E-state index < -0.39 is 0 Å². The minimum Gasteiger partial charge on any atom is -0.339 e. The van der Waals surface area contributed by atoms with E-state index in [1.807, 2.05) is 24.1 Å². The fourth-order valence-electron chi connectivity index (χ4n) is 3.21. The molecule has 1 aliphatic carbocycles. The van der Waals surface area contributed by atoms with Crippen molar-refractivity contribution in [3.63, 3.8) is 0 Å². The monoisotopic (exact) mass is 323 g/mol. The van der Waals surface area contributed by atoms with Gasteiger partial charge in [0.2, 0.25) is 0 Å². The molecule has 3 rings (SSSR count). The van der Waals surface area contributed by atoms with Crippen LogP contribution in [0.1, 0.15) is 34.3 Å². The number of hydrogen-bond donors (Lipinski definition) is 1. The number of carbonyl (C=O) groups excluding carboxylic acids is 1. The first-order valence-electron chi connectivity index (χ1n) is 7.46. The van der Waals surface area contributed by atoms with Gasteiger partial charge in [0.25, 0.3) is 11.5 Å². The fraction of sp³-hybridized carbons (Fsp3) is 0.500. The first-order chi connectivity index (χ1) is 10.1. The van der Waals surface area contributed by atoms with Gasteiger partial charge < -0.3 is 14.8 Å². The van der Waals surface area contributed by atoms with Crippen LogP contribution in [0.3, 0.4) is 0 Å². The fourth-order valence-corrected chi connectivity index (χ4v) is 3.21. The van der Waals surface area contributed by atoms with Crippen molar-refractivity contribution in [2.24, 2.45) is 7.05 Å². The van der Waals surface area contributed by atoms with E-state index in [1.165, 1.54) is 4.57 Å². The SMILES string of the molecule is CN(C(=O)c1cn(C)c(=O)c2c1C=CC2)C1CCNCC1.Cl. The number of amides is 1. The number of hydrogen-bond acceptors (Lipinski definition) is 3. The highest BCUT2D eigenvalue weighted by Crippen LogP contribution is 2.23. The molecule has 2 heterocycles. The Labute approximate surface area is 136 Å². The number of nitrogens with one attached hydrogen (secondary N) is 1. The standard InChI is InChI=1S/C16H21N3O2.ClH/c1-18-10-14(12-4-3-5-13(12)15(18)20)16(21)19(2)11-6-8-17-9-7-11;/h3-4,10-11,17H,5-9H2,1-2H3;1H. The Morgan fingerprint density at radius 3 is 2.73 bits per heavy atom. The molecule has 0 spiro atoms. The van der Waals surface area contributed by atoms with Crippen molar-refractivity contribution in [1.82, 2.24) is 14.8 Å². The van der Waals surface area contributed by atoms with Crippen LogP contribution < -0.4 is 10.9 Å². The lowest BCUT2D eigenvalue weighted by atomic mass is 10.0. The third-order valence-electron chi connectivity index (χ3n) is 4.53. The van der Waals surface area contributed by atoms with Gasteiger partial charge in [0.1, 0.15) is 0 Å². The zero-order valence-corrected chi connectivity index (χ0v) is 13.8. The van der Waals surface area contributed by atoms with E-state index in [0.717, 1.165) is 37.1 Å². The average Bonchev–Trinajstić information content (AvgIpc) is 3.00. The Morgan fingerprint density at radius 1 is 1.36 bits per heavy atom. The molecule has 1 N–H and O–H groups in total. The second-order valence-electron chi connectivity index (χ2n) is 5.85. The molecule has 22 heavy (non-hydrogen) atoms. The van der Waals surface area contributed by atoms with E-state index in [0.29, 0.717) is 12.0 Å². The molecule has 120 valence electrons. The topological polar surface area (TPSA) is 54.3 Å². The Balaban J connectivity index is 0.00000176. The summed E-state index contributed by atoms with van der Waals surface area (Å²) in [6, 6.07) is 0.275. The van der Waals surface area contributed by atoms with E-state index in [4.69, 9.17) is 0 Å². The number of allylic oxidation sites excluding steroid dienone is 1. The van der Waals surface area contributed by atoms with Gasteiger partial charge in [-0.2, -0.15) is 0 Å². The molecular weight excluding hydrogens is 302 g/mol. The molecule has 1 aromatic rings. The summed E-state index contributed by atoms with van der Waals surface area (Å²) in [7, 11) is 3.58. The van der Waals surface area contributed by atoms with Gasteiger partial charge in [-0.1, -0.05) is 12.2 Å².